The zero-order valence-corrected chi connectivity index (χ0v) is 17.4. The van der Waals surface area contributed by atoms with Crippen molar-refractivity contribution in [3.8, 4) is 5.75 Å². The van der Waals surface area contributed by atoms with Crippen LogP contribution in [-0.4, -0.2) is 87.1 Å². The number of piperidine rings is 1. The summed E-state index contributed by atoms with van der Waals surface area (Å²) < 4.78 is 21.3. The van der Waals surface area contributed by atoms with E-state index in [0.29, 0.717) is 32.7 Å². The minimum Gasteiger partial charge on any atom is -0.490 e. The normalized spacial score (nSPS) is 18.0. The molecule has 4 amide bonds. The Bertz CT molecular complexity index is 886. The number of nitrogens with zero attached hydrogens (tertiary/aromatic N) is 1. The lowest BCUT2D eigenvalue weighted by molar-refractivity contribution is -0.136. The monoisotopic (exact) mass is 448 g/mol. The molecule has 2 aliphatic rings. The number of benzene rings is 1. The molecule has 0 saturated carbocycles. The predicted molar refractivity (Wildman–Crippen MR) is 107 cm³/mol. The molecule has 2 aliphatic heterocycles. The summed E-state index contributed by atoms with van der Waals surface area (Å²) >= 11 is 0. The molecule has 0 aliphatic carbocycles. The van der Waals surface area contributed by atoms with Crippen molar-refractivity contribution < 1.29 is 42.9 Å². The standard InChI is InChI=1S/C21H24N2O9/c24-6-7-29-8-9-30-10-11-31-12-13-32-16-3-1-2-14-18(16)21(28)23(20(14)27)15-4-5-17(25)22-19(15)26/h1-3,6,15H,4-5,7-13H2,(H,22,25,26). The van der Waals surface area contributed by atoms with Gasteiger partial charge in [-0.2, -0.15) is 0 Å². The first kappa shape index (κ1) is 23.5. The second kappa shape index (κ2) is 11.5. The van der Waals surface area contributed by atoms with Crippen molar-refractivity contribution in [2.24, 2.45) is 0 Å². The first-order valence-electron chi connectivity index (χ1n) is 10.2. The van der Waals surface area contributed by atoms with E-state index in [-0.39, 0.29) is 49.5 Å². The number of hydrogen-bond acceptors (Lipinski definition) is 9. The summed E-state index contributed by atoms with van der Waals surface area (Å²) in [6.07, 6.45) is 0.812. The number of imide groups is 2. The Morgan fingerprint density at radius 3 is 2.31 bits per heavy atom. The van der Waals surface area contributed by atoms with Crippen molar-refractivity contribution in [3.63, 3.8) is 0 Å². The van der Waals surface area contributed by atoms with E-state index >= 15 is 0 Å². The van der Waals surface area contributed by atoms with Crippen LogP contribution in [0.2, 0.25) is 0 Å². The average Bonchev–Trinajstić information content (AvgIpc) is 3.03. The molecule has 1 atom stereocenters. The first-order valence-corrected chi connectivity index (χ1v) is 10.2. The summed E-state index contributed by atoms with van der Waals surface area (Å²) in [5.41, 5.74) is 0.254. The number of ether oxygens (including phenoxy) is 4. The molecule has 0 spiro atoms. The Morgan fingerprint density at radius 2 is 1.62 bits per heavy atom. The highest BCUT2D eigenvalue weighted by molar-refractivity contribution is 6.24. The van der Waals surface area contributed by atoms with Gasteiger partial charge in [-0.05, 0) is 18.6 Å². The molecule has 1 aromatic rings. The summed E-state index contributed by atoms with van der Waals surface area (Å²) in [5.74, 6) is -2.08. The largest absolute Gasteiger partial charge is 0.490 e. The van der Waals surface area contributed by atoms with Crippen LogP contribution in [0.1, 0.15) is 33.6 Å². The molecule has 1 N–H and O–H groups in total. The Labute approximate surface area is 183 Å². The van der Waals surface area contributed by atoms with Crippen LogP contribution in [0.25, 0.3) is 0 Å². The van der Waals surface area contributed by atoms with Crippen molar-refractivity contribution in [1.82, 2.24) is 10.2 Å². The van der Waals surface area contributed by atoms with E-state index in [0.717, 1.165) is 4.90 Å². The summed E-state index contributed by atoms with van der Waals surface area (Å²) in [4.78, 5) is 60.2. The van der Waals surface area contributed by atoms with Crippen LogP contribution in [0, 0.1) is 0 Å². The fourth-order valence-corrected chi connectivity index (χ4v) is 3.39. The van der Waals surface area contributed by atoms with Gasteiger partial charge in [-0.1, -0.05) is 6.07 Å². The Kier molecular flexibility index (Phi) is 8.42. The number of amides is 4. The van der Waals surface area contributed by atoms with E-state index in [9.17, 15) is 24.0 Å². The maximum absolute atomic E-state index is 12.9. The molecule has 11 heteroatoms. The fourth-order valence-electron chi connectivity index (χ4n) is 3.39. The van der Waals surface area contributed by atoms with Crippen LogP contribution in [0.5, 0.6) is 5.75 Å². The van der Waals surface area contributed by atoms with E-state index in [1.54, 1.807) is 12.1 Å². The molecule has 2 heterocycles. The second-order valence-electron chi connectivity index (χ2n) is 6.94. The quantitative estimate of drug-likeness (QED) is 0.245. The smallest absolute Gasteiger partial charge is 0.266 e. The Hall–Kier alpha value is -3.15. The third-order valence-corrected chi connectivity index (χ3v) is 4.85. The number of carbonyl (C=O) groups is 5. The minimum atomic E-state index is -1.03. The second-order valence-corrected chi connectivity index (χ2v) is 6.94. The summed E-state index contributed by atoms with van der Waals surface area (Å²) in [5, 5.41) is 2.16. The Morgan fingerprint density at radius 1 is 0.938 bits per heavy atom. The number of aldehydes is 1. The zero-order chi connectivity index (χ0) is 22.9. The molecule has 32 heavy (non-hydrogen) atoms. The maximum Gasteiger partial charge on any atom is 0.266 e. The molecule has 0 bridgehead atoms. The maximum atomic E-state index is 12.9. The van der Waals surface area contributed by atoms with E-state index < -0.39 is 29.7 Å². The topological polar surface area (TPSA) is 138 Å². The van der Waals surface area contributed by atoms with E-state index in [1.807, 2.05) is 0 Å². The molecule has 0 radical (unpaired) electrons. The molecular formula is C21H24N2O9. The van der Waals surface area contributed by atoms with Crippen molar-refractivity contribution in [3.05, 3.63) is 29.3 Å². The van der Waals surface area contributed by atoms with Crippen LogP contribution in [-0.2, 0) is 28.6 Å². The third kappa shape index (κ3) is 5.55. The van der Waals surface area contributed by atoms with Gasteiger partial charge in [-0.3, -0.25) is 29.4 Å². The molecule has 1 unspecified atom stereocenters. The highest BCUT2D eigenvalue weighted by Gasteiger charge is 2.45. The molecule has 11 nitrogen and oxygen atoms in total. The van der Waals surface area contributed by atoms with Gasteiger partial charge in [0.2, 0.25) is 11.8 Å². The Balaban J connectivity index is 1.47. The van der Waals surface area contributed by atoms with Gasteiger partial charge in [0, 0.05) is 6.42 Å². The summed E-state index contributed by atoms with van der Waals surface area (Å²) in [6.45, 7) is 1.75. The van der Waals surface area contributed by atoms with E-state index in [1.165, 1.54) is 6.07 Å². The molecule has 172 valence electrons. The van der Waals surface area contributed by atoms with Crippen LogP contribution < -0.4 is 10.1 Å². The van der Waals surface area contributed by atoms with Crippen LogP contribution in [0.15, 0.2) is 18.2 Å². The molecule has 1 saturated heterocycles. The van der Waals surface area contributed by atoms with E-state index in [4.69, 9.17) is 18.9 Å². The van der Waals surface area contributed by atoms with Gasteiger partial charge in [0.1, 0.15) is 31.3 Å². The number of nitrogens with one attached hydrogen (secondary N) is 1. The lowest BCUT2D eigenvalue weighted by Gasteiger charge is -2.27. The molecule has 1 aromatic carbocycles. The van der Waals surface area contributed by atoms with Gasteiger partial charge in [0.15, 0.2) is 0 Å². The summed E-state index contributed by atoms with van der Waals surface area (Å²) in [7, 11) is 0. The van der Waals surface area contributed by atoms with Gasteiger partial charge < -0.3 is 23.7 Å². The highest BCUT2D eigenvalue weighted by atomic mass is 16.6. The minimum absolute atomic E-state index is 0.0414. The van der Waals surface area contributed by atoms with Gasteiger partial charge >= 0.3 is 0 Å². The lowest BCUT2D eigenvalue weighted by Crippen LogP contribution is -2.54. The van der Waals surface area contributed by atoms with Crippen molar-refractivity contribution in [2.75, 3.05) is 46.2 Å². The van der Waals surface area contributed by atoms with Gasteiger partial charge in [-0.15, -0.1) is 0 Å². The zero-order valence-electron chi connectivity index (χ0n) is 17.4. The van der Waals surface area contributed by atoms with E-state index in [2.05, 4.69) is 5.32 Å². The van der Waals surface area contributed by atoms with Crippen LogP contribution >= 0.6 is 0 Å². The van der Waals surface area contributed by atoms with Gasteiger partial charge in [0.05, 0.1) is 44.2 Å². The number of rotatable bonds is 13. The lowest BCUT2D eigenvalue weighted by atomic mass is 10.0. The van der Waals surface area contributed by atoms with Gasteiger partial charge in [-0.25, -0.2) is 0 Å². The van der Waals surface area contributed by atoms with Crippen LogP contribution in [0.3, 0.4) is 0 Å². The number of fused-ring (bicyclic) bond motifs is 1. The highest BCUT2D eigenvalue weighted by Crippen LogP contribution is 2.33. The molecule has 3 rings (SSSR count). The van der Waals surface area contributed by atoms with Gasteiger partial charge in [0.25, 0.3) is 11.8 Å². The van der Waals surface area contributed by atoms with Crippen LogP contribution in [0.4, 0.5) is 0 Å². The van der Waals surface area contributed by atoms with Crippen molar-refractivity contribution >= 4 is 29.9 Å². The molecular weight excluding hydrogens is 424 g/mol. The SMILES string of the molecule is O=CCOCCOCCOCCOc1cccc2c1C(=O)N(C1CCC(=O)NC1=O)C2=O. The van der Waals surface area contributed by atoms with Crippen molar-refractivity contribution in [1.29, 1.82) is 0 Å². The molecule has 0 aromatic heterocycles. The third-order valence-electron chi connectivity index (χ3n) is 4.85. The molecule has 1 fully saturated rings. The summed E-state index contributed by atoms with van der Waals surface area (Å²) in [6, 6.07) is 3.64. The number of carbonyl (C=O) groups excluding carboxylic acids is 5. The number of hydrogen-bond donors (Lipinski definition) is 1. The fraction of sp³-hybridized carbons (Fsp3) is 0.476. The average molecular weight is 448 g/mol. The predicted octanol–water partition coefficient (Wildman–Crippen LogP) is -0.285. The first-order chi connectivity index (χ1) is 15.5. The van der Waals surface area contributed by atoms with Crippen molar-refractivity contribution in [2.45, 2.75) is 18.9 Å².